The molecular formula is C15H28N2O3. The Balaban J connectivity index is 2.58. The van der Waals surface area contributed by atoms with Gasteiger partial charge in [-0.3, -0.25) is 4.79 Å². The summed E-state index contributed by atoms with van der Waals surface area (Å²) in [7, 11) is 0. The van der Waals surface area contributed by atoms with Gasteiger partial charge < -0.3 is 15.0 Å². The van der Waals surface area contributed by atoms with E-state index in [0.29, 0.717) is 6.42 Å². The molecule has 1 saturated heterocycles. The molecule has 0 spiro atoms. The number of likely N-dealkylation sites (tertiary alicyclic amines) is 1. The van der Waals surface area contributed by atoms with E-state index in [4.69, 9.17) is 4.74 Å². The predicted molar refractivity (Wildman–Crippen MR) is 78.5 cm³/mol. The molecule has 5 nitrogen and oxygen atoms in total. The van der Waals surface area contributed by atoms with Gasteiger partial charge in [-0.1, -0.05) is 13.3 Å². The van der Waals surface area contributed by atoms with E-state index in [1.807, 2.05) is 32.6 Å². The van der Waals surface area contributed by atoms with Gasteiger partial charge in [-0.05, 0) is 46.5 Å². The molecule has 1 aliphatic rings. The van der Waals surface area contributed by atoms with Crippen molar-refractivity contribution in [2.45, 2.75) is 71.4 Å². The Bertz CT molecular complexity index is 331. The summed E-state index contributed by atoms with van der Waals surface area (Å²) in [4.78, 5) is 26.1. The molecule has 1 unspecified atom stereocenters. The van der Waals surface area contributed by atoms with E-state index < -0.39 is 17.7 Å². The molecular weight excluding hydrogens is 256 g/mol. The zero-order chi connectivity index (χ0) is 15.2. The largest absolute Gasteiger partial charge is 0.444 e. The number of amides is 2. The normalized spacial score (nSPS) is 17.5. The number of ether oxygens (including phenoxy) is 1. The zero-order valence-corrected chi connectivity index (χ0v) is 13.2. The van der Waals surface area contributed by atoms with Crippen molar-refractivity contribution in [1.82, 2.24) is 10.2 Å². The van der Waals surface area contributed by atoms with Gasteiger partial charge in [-0.25, -0.2) is 4.79 Å². The molecule has 0 saturated carbocycles. The molecule has 0 aliphatic carbocycles. The fourth-order valence-electron chi connectivity index (χ4n) is 2.33. The predicted octanol–water partition coefficient (Wildman–Crippen LogP) is 2.69. The number of hydrogen-bond acceptors (Lipinski definition) is 3. The van der Waals surface area contributed by atoms with E-state index in [-0.39, 0.29) is 5.91 Å². The van der Waals surface area contributed by atoms with Crippen LogP contribution < -0.4 is 5.32 Å². The van der Waals surface area contributed by atoms with Crippen LogP contribution in [0.1, 0.15) is 59.8 Å². The van der Waals surface area contributed by atoms with Gasteiger partial charge in [-0.2, -0.15) is 0 Å². The fourth-order valence-corrected chi connectivity index (χ4v) is 2.33. The van der Waals surface area contributed by atoms with Gasteiger partial charge in [0.05, 0.1) is 0 Å². The van der Waals surface area contributed by atoms with Crippen molar-refractivity contribution < 1.29 is 14.3 Å². The minimum atomic E-state index is -0.547. The third-order valence-electron chi connectivity index (χ3n) is 3.23. The summed E-state index contributed by atoms with van der Waals surface area (Å²) in [5.74, 6) is 0.0254. The summed E-state index contributed by atoms with van der Waals surface area (Å²) >= 11 is 0. The second-order valence-electron chi connectivity index (χ2n) is 6.37. The quantitative estimate of drug-likeness (QED) is 0.863. The summed E-state index contributed by atoms with van der Waals surface area (Å²) in [6, 6.07) is -0.465. The molecule has 0 radical (unpaired) electrons. The maximum absolute atomic E-state index is 12.4. The minimum absolute atomic E-state index is 0.0254. The first-order valence-electron chi connectivity index (χ1n) is 7.62. The van der Waals surface area contributed by atoms with Gasteiger partial charge in [0.1, 0.15) is 11.6 Å². The van der Waals surface area contributed by atoms with Crippen molar-refractivity contribution in [2.24, 2.45) is 0 Å². The third-order valence-corrected chi connectivity index (χ3v) is 3.23. The number of carbonyl (C=O) groups is 2. The van der Waals surface area contributed by atoms with Crippen molar-refractivity contribution in [3.8, 4) is 0 Å². The van der Waals surface area contributed by atoms with Crippen molar-refractivity contribution in [2.75, 3.05) is 13.1 Å². The maximum Gasteiger partial charge on any atom is 0.408 e. The SMILES string of the molecule is CCCC(NC(=O)OC(C)(C)C)C(=O)N1CCCCC1. The monoisotopic (exact) mass is 284 g/mol. The summed E-state index contributed by atoms with van der Waals surface area (Å²) in [6.45, 7) is 9.05. The van der Waals surface area contributed by atoms with E-state index in [2.05, 4.69) is 5.32 Å². The van der Waals surface area contributed by atoms with Crippen LogP contribution in [0.25, 0.3) is 0 Å². The maximum atomic E-state index is 12.4. The lowest BCUT2D eigenvalue weighted by atomic mass is 10.1. The Morgan fingerprint density at radius 1 is 1.20 bits per heavy atom. The van der Waals surface area contributed by atoms with Gasteiger partial charge >= 0.3 is 6.09 Å². The number of nitrogens with zero attached hydrogens (tertiary/aromatic N) is 1. The molecule has 5 heteroatoms. The molecule has 0 aromatic carbocycles. The number of rotatable bonds is 4. The lowest BCUT2D eigenvalue weighted by molar-refractivity contribution is -0.134. The Morgan fingerprint density at radius 2 is 1.80 bits per heavy atom. The number of nitrogens with one attached hydrogen (secondary N) is 1. The second kappa shape index (κ2) is 7.50. The number of alkyl carbamates (subject to hydrolysis) is 1. The van der Waals surface area contributed by atoms with Crippen molar-refractivity contribution in [3.63, 3.8) is 0 Å². The Hall–Kier alpha value is -1.26. The summed E-state index contributed by atoms with van der Waals surface area (Å²) in [5.41, 5.74) is -0.547. The van der Waals surface area contributed by atoms with Crippen LogP contribution in [-0.4, -0.2) is 41.6 Å². The highest BCUT2D eigenvalue weighted by Gasteiger charge is 2.28. The van der Waals surface area contributed by atoms with Crippen LogP contribution in [0.3, 0.4) is 0 Å². The molecule has 2 amide bonds. The van der Waals surface area contributed by atoms with E-state index in [1.165, 1.54) is 6.42 Å². The zero-order valence-electron chi connectivity index (χ0n) is 13.2. The van der Waals surface area contributed by atoms with E-state index in [1.54, 1.807) is 0 Å². The van der Waals surface area contributed by atoms with Crippen molar-refractivity contribution in [3.05, 3.63) is 0 Å². The van der Waals surface area contributed by atoms with Crippen LogP contribution in [0.4, 0.5) is 4.79 Å². The lowest BCUT2D eigenvalue weighted by Crippen LogP contribution is -2.50. The summed E-state index contributed by atoms with van der Waals surface area (Å²) in [6.07, 6.45) is 4.27. The van der Waals surface area contributed by atoms with Crippen molar-refractivity contribution >= 4 is 12.0 Å². The van der Waals surface area contributed by atoms with E-state index in [0.717, 1.165) is 32.4 Å². The summed E-state index contributed by atoms with van der Waals surface area (Å²) in [5, 5.41) is 2.72. The van der Waals surface area contributed by atoms with Gasteiger partial charge in [0.15, 0.2) is 0 Å². The highest BCUT2D eigenvalue weighted by molar-refractivity contribution is 5.85. The molecule has 1 heterocycles. The minimum Gasteiger partial charge on any atom is -0.444 e. The average molecular weight is 284 g/mol. The molecule has 1 N–H and O–H groups in total. The average Bonchev–Trinajstić information content (AvgIpc) is 2.36. The molecule has 0 bridgehead atoms. The standard InChI is InChI=1S/C15H28N2O3/c1-5-9-12(16-14(19)20-15(2,3)4)13(18)17-10-7-6-8-11-17/h12H,5-11H2,1-4H3,(H,16,19). The highest BCUT2D eigenvalue weighted by Crippen LogP contribution is 2.13. The molecule has 1 aliphatic heterocycles. The third kappa shape index (κ3) is 5.80. The van der Waals surface area contributed by atoms with Crippen LogP contribution in [0.2, 0.25) is 0 Å². The van der Waals surface area contributed by atoms with Gasteiger partial charge in [0, 0.05) is 13.1 Å². The number of piperidine rings is 1. The first-order chi connectivity index (χ1) is 9.33. The second-order valence-corrected chi connectivity index (χ2v) is 6.37. The van der Waals surface area contributed by atoms with E-state index >= 15 is 0 Å². The Kier molecular flexibility index (Phi) is 6.30. The van der Waals surface area contributed by atoms with Crippen LogP contribution in [0, 0.1) is 0 Å². The van der Waals surface area contributed by atoms with Crippen molar-refractivity contribution in [1.29, 1.82) is 0 Å². The molecule has 20 heavy (non-hydrogen) atoms. The first kappa shape index (κ1) is 16.8. The first-order valence-corrected chi connectivity index (χ1v) is 7.62. The van der Waals surface area contributed by atoms with Crippen LogP contribution in [0.5, 0.6) is 0 Å². The number of hydrogen-bond donors (Lipinski definition) is 1. The molecule has 1 atom stereocenters. The molecule has 1 rings (SSSR count). The van der Waals surface area contributed by atoms with Gasteiger partial charge in [-0.15, -0.1) is 0 Å². The van der Waals surface area contributed by atoms with E-state index in [9.17, 15) is 9.59 Å². The Morgan fingerprint density at radius 3 is 2.30 bits per heavy atom. The molecule has 0 aromatic rings. The Labute approximate surface area is 122 Å². The molecule has 0 aromatic heterocycles. The van der Waals surface area contributed by atoms with Crippen LogP contribution >= 0.6 is 0 Å². The smallest absolute Gasteiger partial charge is 0.408 e. The highest BCUT2D eigenvalue weighted by atomic mass is 16.6. The fraction of sp³-hybridized carbons (Fsp3) is 0.867. The van der Waals surface area contributed by atoms with Crippen LogP contribution in [-0.2, 0) is 9.53 Å². The molecule has 1 fully saturated rings. The topological polar surface area (TPSA) is 58.6 Å². The van der Waals surface area contributed by atoms with Gasteiger partial charge in [0.25, 0.3) is 0 Å². The van der Waals surface area contributed by atoms with Crippen LogP contribution in [0.15, 0.2) is 0 Å². The number of carbonyl (C=O) groups excluding carboxylic acids is 2. The lowest BCUT2D eigenvalue weighted by Gasteiger charge is -2.31. The van der Waals surface area contributed by atoms with Gasteiger partial charge in [0.2, 0.25) is 5.91 Å². The summed E-state index contributed by atoms with van der Waals surface area (Å²) < 4.78 is 5.23. The molecule has 116 valence electrons.